The molecule has 0 saturated carbocycles. The Labute approximate surface area is 123 Å². The minimum atomic E-state index is -0.397. The molecule has 0 bridgehead atoms. The van der Waals surface area contributed by atoms with E-state index in [0.29, 0.717) is 30.4 Å². The van der Waals surface area contributed by atoms with Crippen LogP contribution >= 0.6 is 0 Å². The van der Waals surface area contributed by atoms with E-state index in [2.05, 4.69) is 20.3 Å². The summed E-state index contributed by atoms with van der Waals surface area (Å²) in [7, 11) is 0. The molecule has 110 valence electrons. The monoisotopic (exact) mass is 286 g/mol. The number of aromatic nitrogens is 3. The van der Waals surface area contributed by atoms with Gasteiger partial charge in [0.15, 0.2) is 0 Å². The quantitative estimate of drug-likeness (QED) is 0.850. The fourth-order valence-electron chi connectivity index (χ4n) is 1.84. The Balaban J connectivity index is 2.07. The van der Waals surface area contributed by atoms with Gasteiger partial charge in [0.25, 0.3) is 0 Å². The van der Waals surface area contributed by atoms with Crippen molar-refractivity contribution in [2.24, 2.45) is 0 Å². The van der Waals surface area contributed by atoms with Gasteiger partial charge < -0.3 is 10.1 Å². The molecule has 0 aliphatic heterocycles. The standard InChI is InChI=1S/C15H18N4O2/c1-4-21-14(20)13-9-18-15(19-11(13)3)17-8-12-5-6-16-7-10(12)2/h5-7,9H,4,8H2,1-3H3,(H,17,18,19). The third-order valence-electron chi connectivity index (χ3n) is 3.05. The van der Waals surface area contributed by atoms with E-state index in [4.69, 9.17) is 4.74 Å². The molecule has 2 heterocycles. The summed E-state index contributed by atoms with van der Waals surface area (Å²) in [5, 5.41) is 3.14. The van der Waals surface area contributed by atoms with Crippen molar-refractivity contribution in [3.05, 3.63) is 47.0 Å². The number of carbonyl (C=O) groups is 1. The Morgan fingerprint density at radius 1 is 1.33 bits per heavy atom. The molecule has 0 aliphatic carbocycles. The van der Waals surface area contributed by atoms with Gasteiger partial charge in [-0.3, -0.25) is 4.98 Å². The molecule has 21 heavy (non-hydrogen) atoms. The average Bonchev–Trinajstić information content (AvgIpc) is 2.46. The number of anilines is 1. The van der Waals surface area contributed by atoms with Gasteiger partial charge in [-0.15, -0.1) is 0 Å². The molecule has 0 amide bonds. The van der Waals surface area contributed by atoms with Gasteiger partial charge in [0.05, 0.1) is 17.9 Å². The molecule has 0 radical (unpaired) electrons. The summed E-state index contributed by atoms with van der Waals surface area (Å²) in [6, 6.07) is 1.95. The molecular weight excluding hydrogens is 268 g/mol. The third-order valence-corrected chi connectivity index (χ3v) is 3.05. The van der Waals surface area contributed by atoms with Gasteiger partial charge >= 0.3 is 5.97 Å². The predicted molar refractivity (Wildman–Crippen MR) is 79.0 cm³/mol. The molecule has 1 N–H and O–H groups in total. The number of nitrogens with zero attached hydrogens (tertiary/aromatic N) is 3. The van der Waals surface area contributed by atoms with Gasteiger partial charge in [0, 0.05) is 25.1 Å². The van der Waals surface area contributed by atoms with Crippen molar-refractivity contribution >= 4 is 11.9 Å². The molecule has 0 aromatic carbocycles. The second-order valence-electron chi connectivity index (χ2n) is 4.57. The zero-order chi connectivity index (χ0) is 15.2. The minimum Gasteiger partial charge on any atom is -0.462 e. The first-order valence-electron chi connectivity index (χ1n) is 6.76. The number of aryl methyl sites for hydroxylation is 2. The van der Waals surface area contributed by atoms with E-state index in [1.807, 2.05) is 19.2 Å². The van der Waals surface area contributed by atoms with Crippen LogP contribution in [0.3, 0.4) is 0 Å². The van der Waals surface area contributed by atoms with Crippen molar-refractivity contribution in [3.8, 4) is 0 Å². The van der Waals surface area contributed by atoms with Crippen molar-refractivity contribution < 1.29 is 9.53 Å². The fourth-order valence-corrected chi connectivity index (χ4v) is 1.84. The van der Waals surface area contributed by atoms with Crippen molar-refractivity contribution in [2.75, 3.05) is 11.9 Å². The van der Waals surface area contributed by atoms with Crippen LogP contribution in [0.1, 0.15) is 34.1 Å². The van der Waals surface area contributed by atoms with E-state index in [-0.39, 0.29) is 0 Å². The van der Waals surface area contributed by atoms with Crippen LogP contribution in [0.15, 0.2) is 24.7 Å². The van der Waals surface area contributed by atoms with E-state index < -0.39 is 5.97 Å². The molecule has 0 atom stereocenters. The van der Waals surface area contributed by atoms with Crippen molar-refractivity contribution in [1.29, 1.82) is 0 Å². The van der Waals surface area contributed by atoms with E-state index >= 15 is 0 Å². The van der Waals surface area contributed by atoms with Gasteiger partial charge in [-0.25, -0.2) is 14.8 Å². The van der Waals surface area contributed by atoms with Crippen LogP contribution in [0.4, 0.5) is 5.95 Å². The molecule has 2 rings (SSSR count). The Bertz CT molecular complexity index is 643. The van der Waals surface area contributed by atoms with Gasteiger partial charge in [-0.05, 0) is 38.0 Å². The number of rotatable bonds is 5. The number of nitrogens with one attached hydrogen (secondary N) is 1. The van der Waals surface area contributed by atoms with Crippen LogP contribution in [0.2, 0.25) is 0 Å². The summed E-state index contributed by atoms with van der Waals surface area (Å²) >= 11 is 0. The molecule has 0 saturated heterocycles. The first-order valence-corrected chi connectivity index (χ1v) is 6.76. The number of esters is 1. The van der Waals surface area contributed by atoms with Crippen LogP contribution in [-0.4, -0.2) is 27.5 Å². The van der Waals surface area contributed by atoms with Gasteiger partial charge in [-0.2, -0.15) is 0 Å². The maximum atomic E-state index is 11.7. The number of hydrogen-bond acceptors (Lipinski definition) is 6. The second kappa shape index (κ2) is 6.78. The van der Waals surface area contributed by atoms with Crippen LogP contribution < -0.4 is 5.32 Å². The molecule has 6 nitrogen and oxygen atoms in total. The Kier molecular flexibility index (Phi) is 4.81. The fraction of sp³-hybridized carbons (Fsp3) is 0.333. The van der Waals surface area contributed by atoms with E-state index in [9.17, 15) is 4.79 Å². The summed E-state index contributed by atoms with van der Waals surface area (Å²) < 4.78 is 4.95. The smallest absolute Gasteiger partial charge is 0.341 e. The molecular formula is C15H18N4O2. The first kappa shape index (κ1) is 14.9. The molecule has 2 aromatic rings. The topological polar surface area (TPSA) is 77.0 Å². The average molecular weight is 286 g/mol. The molecule has 0 fully saturated rings. The summed E-state index contributed by atoms with van der Waals surface area (Å²) in [5.41, 5.74) is 3.21. The maximum absolute atomic E-state index is 11.7. The van der Waals surface area contributed by atoms with Gasteiger partial charge in [-0.1, -0.05) is 0 Å². The summed E-state index contributed by atoms with van der Waals surface area (Å²) in [5.74, 6) is 0.0864. The van der Waals surface area contributed by atoms with E-state index in [1.165, 1.54) is 6.20 Å². The van der Waals surface area contributed by atoms with Crippen LogP contribution in [-0.2, 0) is 11.3 Å². The number of carbonyl (C=O) groups excluding carboxylic acids is 1. The minimum absolute atomic E-state index is 0.333. The van der Waals surface area contributed by atoms with Crippen LogP contribution in [0.25, 0.3) is 0 Å². The lowest BCUT2D eigenvalue weighted by atomic mass is 10.1. The van der Waals surface area contributed by atoms with Gasteiger partial charge in [0.2, 0.25) is 5.95 Å². The molecule has 0 aliphatic rings. The Morgan fingerprint density at radius 3 is 2.81 bits per heavy atom. The Hall–Kier alpha value is -2.50. The molecule has 2 aromatic heterocycles. The van der Waals surface area contributed by atoms with Crippen molar-refractivity contribution in [2.45, 2.75) is 27.3 Å². The zero-order valence-corrected chi connectivity index (χ0v) is 12.4. The van der Waals surface area contributed by atoms with E-state index in [0.717, 1.165) is 11.1 Å². The second-order valence-corrected chi connectivity index (χ2v) is 4.57. The number of ether oxygens (including phenoxy) is 1. The lowest BCUT2D eigenvalue weighted by molar-refractivity contribution is 0.0524. The summed E-state index contributed by atoms with van der Waals surface area (Å²) in [6.45, 7) is 6.46. The SMILES string of the molecule is CCOC(=O)c1cnc(NCc2ccncc2C)nc1C. The van der Waals surface area contributed by atoms with E-state index in [1.54, 1.807) is 20.0 Å². The molecule has 0 spiro atoms. The highest BCUT2D eigenvalue weighted by molar-refractivity contribution is 5.90. The number of hydrogen-bond donors (Lipinski definition) is 1. The summed E-state index contributed by atoms with van der Waals surface area (Å²) in [4.78, 5) is 24.2. The highest BCUT2D eigenvalue weighted by Crippen LogP contribution is 2.11. The lowest BCUT2D eigenvalue weighted by Crippen LogP contribution is -2.11. The van der Waals surface area contributed by atoms with Crippen LogP contribution in [0, 0.1) is 13.8 Å². The largest absolute Gasteiger partial charge is 0.462 e. The van der Waals surface area contributed by atoms with Crippen LogP contribution in [0.5, 0.6) is 0 Å². The number of pyridine rings is 1. The molecule has 6 heteroatoms. The third kappa shape index (κ3) is 3.75. The first-order chi connectivity index (χ1) is 10.1. The highest BCUT2D eigenvalue weighted by atomic mass is 16.5. The van der Waals surface area contributed by atoms with Crippen molar-refractivity contribution in [1.82, 2.24) is 15.0 Å². The zero-order valence-electron chi connectivity index (χ0n) is 12.4. The maximum Gasteiger partial charge on any atom is 0.341 e. The lowest BCUT2D eigenvalue weighted by Gasteiger charge is -2.09. The molecule has 0 unspecified atom stereocenters. The Morgan fingerprint density at radius 2 is 2.14 bits per heavy atom. The highest BCUT2D eigenvalue weighted by Gasteiger charge is 2.12. The van der Waals surface area contributed by atoms with Gasteiger partial charge in [0.1, 0.15) is 0 Å². The normalized spacial score (nSPS) is 10.2. The predicted octanol–water partition coefficient (Wildman–Crippen LogP) is 2.28. The summed E-state index contributed by atoms with van der Waals surface area (Å²) in [6.07, 6.45) is 5.05. The van der Waals surface area contributed by atoms with Crippen molar-refractivity contribution in [3.63, 3.8) is 0 Å².